The Bertz CT molecular complexity index is 411. The summed E-state index contributed by atoms with van der Waals surface area (Å²) in [5.74, 6) is 0.605. The van der Waals surface area contributed by atoms with Crippen molar-refractivity contribution in [3.05, 3.63) is 34.2 Å². The molecule has 1 saturated carbocycles. The molecule has 2 atom stereocenters. The smallest absolute Gasteiger partial charge is 0.250 e. The van der Waals surface area contributed by atoms with E-state index in [4.69, 9.17) is 5.73 Å². The molecule has 0 saturated heterocycles. The molecule has 1 aliphatic rings. The highest BCUT2D eigenvalue weighted by atomic mass is 16.1. The van der Waals surface area contributed by atoms with Gasteiger partial charge < -0.3 is 10.3 Å². The van der Waals surface area contributed by atoms with Crippen LogP contribution in [0.5, 0.6) is 0 Å². The Morgan fingerprint density at radius 1 is 1.50 bits per heavy atom. The average molecular weight is 220 g/mol. The lowest BCUT2D eigenvalue weighted by Gasteiger charge is -2.15. The molecule has 1 aromatic heterocycles. The summed E-state index contributed by atoms with van der Waals surface area (Å²) in [6, 6.07) is 4.02. The lowest BCUT2D eigenvalue weighted by molar-refractivity contribution is 0.412. The van der Waals surface area contributed by atoms with Crippen molar-refractivity contribution in [1.82, 2.24) is 4.57 Å². The number of nitrogens with zero attached hydrogens (tertiary/aromatic N) is 1. The van der Waals surface area contributed by atoms with Crippen LogP contribution < -0.4 is 11.3 Å². The van der Waals surface area contributed by atoms with E-state index in [9.17, 15) is 4.79 Å². The molecule has 1 heterocycles. The Kier molecular flexibility index (Phi) is 3.44. The molecule has 0 aliphatic heterocycles. The zero-order valence-corrected chi connectivity index (χ0v) is 9.86. The van der Waals surface area contributed by atoms with Gasteiger partial charge >= 0.3 is 0 Å². The summed E-state index contributed by atoms with van der Waals surface area (Å²) in [6.07, 6.45) is 6.53. The molecule has 2 rings (SSSR count). The SMILES string of the molecule is Cc1ccn(CCC2CCCC2N)c(=O)c1. The molecule has 2 unspecified atom stereocenters. The van der Waals surface area contributed by atoms with Gasteiger partial charge in [0.1, 0.15) is 0 Å². The molecule has 1 aliphatic carbocycles. The van der Waals surface area contributed by atoms with E-state index in [1.54, 1.807) is 10.6 Å². The summed E-state index contributed by atoms with van der Waals surface area (Å²) in [5.41, 5.74) is 7.15. The summed E-state index contributed by atoms with van der Waals surface area (Å²) in [6.45, 7) is 2.75. The van der Waals surface area contributed by atoms with E-state index in [0.717, 1.165) is 24.9 Å². The molecule has 0 bridgehead atoms. The zero-order chi connectivity index (χ0) is 11.5. The highest BCUT2D eigenvalue weighted by molar-refractivity contribution is 5.07. The average Bonchev–Trinajstić information content (AvgIpc) is 2.63. The molecule has 88 valence electrons. The van der Waals surface area contributed by atoms with Crippen molar-refractivity contribution < 1.29 is 0 Å². The minimum absolute atomic E-state index is 0.103. The third-order valence-corrected chi connectivity index (χ3v) is 3.61. The van der Waals surface area contributed by atoms with Gasteiger partial charge in [-0.25, -0.2) is 0 Å². The van der Waals surface area contributed by atoms with Gasteiger partial charge in [-0.1, -0.05) is 6.42 Å². The molecule has 3 heteroatoms. The van der Waals surface area contributed by atoms with Crippen molar-refractivity contribution in [2.24, 2.45) is 11.7 Å². The number of hydrogen-bond donors (Lipinski definition) is 1. The molecule has 1 fully saturated rings. The Hall–Kier alpha value is -1.09. The number of pyridine rings is 1. The number of rotatable bonds is 3. The van der Waals surface area contributed by atoms with Crippen LogP contribution in [0.2, 0.25) is 0 Å². The lowest BCUT2D eigenvalue weighted by Crippen LogP contribution is -2.27. The fourth-order valence-corrected chi connectivity index (χ4v) is 2.52. The van der Waals surface area contributed by atoms with Crippen LogP contribution in [0, 0.1) is 12.8 Å². The number of aromatic nitrogens is 1. The van der Waals surface area contributed by atoms with Crippen LogP contribution in [0.1, 0.15) is 31.2 Å². The molecule has 2 N–H and O–H groups in total. The van der Waals surface area contributed by atoms with Gasteiger partial charge in [0, 0.05) is 24.8 Å². The highest BCUT2D eigenvalue weighted by Gasteiger charge is 2.23. The third-order valence-electron chi connectivity index (χ3n) is 3.61. The second kappa shape index (κ2) is 4.83. The molecular formula is C13H20N2O. The van der Waals surface area contributed by atoms with Gasteiger partial charge in [-0.05, 0) is 43.7 Å². The van der Waals surface area contributed by atoms with Crippen molar-refractivity contribution in [2.75, 3.05) is 0 Å². The maximum absolute atomic E-state index is 11.7. The fraction of sp³-hybridized carbons (Fsp3) is 0.615. The normalized spacial score (nSPS) is 24.9. The van der Waals surface area contributed by atoms with Crippen LogP contribution in [0.4, 0.5) is 0 Å². The molecular weight excluding hydrogens is 200 g/mol. The number of nitrogens with two attached hydrogens (primary N) is 1. The van der Waals surface area contributed by atoms with Crippen LogP contribution in [0.3, 0.4) is 0 Å². The van der Waals surface area contributed by atoms with Crippen LogP contribution >= 0.6 is 0 Å². The second-order valence-electron chi connectivity index (χ2n) is 4.88. The minimum atomic E-state index is 0.103. The van der Waals surface area contributed by atoms with Crippen LogP contribution in [0.25, 0.3) is 0 Å². The predicted molar refractivity (Wildman–Crippen MR) is 65.4 cm³/mol. The molecule has 3 nitrogen and oxygen atoms in total. The predicted octanol–water partition coefficient (Wildman–Crippen LogP) is 1.67. The topological polar surface area (TPSA) is 48.0 Å². The van der Waals surface area contributed by atoms with Gasteiger partial charge in [0.05, 0.1) is 0 Å². The van der Waals surface area contributed by atoms with Gasteiger partial charge in [0.2, 0.25) is 0 Å². The largest absolute Gasteiger partial charge is 0.327 e. The Morgan fingerprint density at radius 2 is 2.31 bits per heavy atom. The molecule has 1 aromatic rings. The van der Waals surface area contributed by atoms with Crippen molar-refractivity contribution in [2.45, 2.75) is 45.2 Å². The lowest BCUT2D eigenvalue weighted by atomic mass is 10.0. The summed E-state index contributed by atoms with van der Waals surface area (Å²) in [5, 5.41) is 0. The van der Waals surface area contributed by atoms with Crippen LogP contribution in [-0.4, -0.2) is 10.6 Å². The zero-order valence-electron chi connectivity index (χ0n) is 9.86. The standard InChI is InChI=1S/C13H20N2O/c1-10-5-7-15(13(16)9-10)8-6-11-3-2-4-12(11)14/h5,7,9,11-12H,2-4,6,8,14H2,1H3. The van der Waals surface area contributed by atoms with Crippen LogP contribution in [-0.2, 0) is 6.54 Å². The second-order valence-corrected chi connectivity index (χ2v) is 4.88. The van der Waals surface area contributed by atoms with Gasteiger partial charge in [0.15, 0.2) is 0 Å². The fourth-order valence-electron chi connectivity index (χ4n) is 2.52. The first-order valence-electron chi connectivity index (χ1n) is 6.09. The molecule has 0 aromatic carbocycles. The third kappa shape index (κ3) is 2.53. The first-order valence-corrected chi connectivity index (χ1v) is 6.09. The highest BCUT2D eigenvalue weighted by Crippen LogP contribution is 2.26. The van der Waals surface area contributed by atoms with Gasteiger partial charge in [0.25, 0.3) is 5.56 Å². The van der Waals surface area contributed by atoms with E-state index in [2.05, 4.69) is 0 Å². The monoisotopic (exact) mass is 220 g/mol. The first-order chi connectivity index (χ1) is 7.66. The van der Waals surface area contributed by atoms with Crippen molar-refractivity contribution in [3.63, 3.8) is 0 Å². The maximum atomic E-state index is 11.7. The van der Waals surface area contributed by atoms with Crippen molar-refractivity contribution >= 4 is 0 Å². The summed E-state index contributed by atoms with van der Waals surface area (Å²) < 4.78 is 1.79. The van der Waals surface area contributed by atoms with E-state index in [0.29, 0.717) is 12.0 Å². The minimum Gasteiger partial charge on any atom is -0.327 e. The Labute approximate surface area is 96.3 Å². The summed E-state index contributed by atoms with van der Waals surface area (Å²) in [7, 11) is 0. The molecule has 0 radical (unpaired) electrons. The Morgan fingerprint density at radius 3 is 2.94 bits per heavy atom. The van der Waals surface area contributed by atoms with Crippen LogP contribution in [0.15, 0.2) is 23.1 Å². The van der Waals surface area contributed by atoms with E-state index < -0.39 is 0 Å². The first kappa shape index (κ1) is 11.4. The number of hydrogen-bond acceptors (Lipinski definition) is 2. The van der Waals surface area contributed by atoms with Crippen molar-refractivity contribution in [1.29, 1.82) is 0 Å². The summed E-state index contributed by atoms with van der Waals surface area (Å²) >= 11 is 0. The van der Waals surface area contributed by atoms with Crippen molar-refractivity contribution in [3.8, 4) is 0 Å². The Balaban J connectivity index is 1.97. The van der Waals surface area contributed by atoms with E-state index in [1.165, 1.54) is 12.8 Å². The van der Waals surface area contributed by atoms with E-state index in [-0.39, 0.29) is 5.56 Å². The molecule has 0 amide bonds. The van der Waals surface area contributed by atoms with Gasteiger partial charge in [-0.15, -0.1) is 0 Å². The maximum Gasteiger partial charge on any atom is 0.250 e. The van der Waals surface area contributed by atoms with Gasteiger partial charge in [-0.2, -0.15) is 0 Å². The molecule has 0 spiro atoms. The van der Waals surface area contributed by atoms with Gasteiger partial charge in [-0.3, -0.25) is 4.79 Å². The number of aryl methyl sites for hydroxylation is 2. The summed E-state index contributed by atoms with van der Waals surface area (Å²) in [4.78, 5) is 11.7. The van der Waals surface area contributed by atoms with E-state index in [1.807, 2.05) is 19.2 Å². The van der Waals surface area contributed by atoms with E-state index >= 15 is 0 Å². The quantitative estimate of drug-likeness (QED) is 0.842. The molecule has 16 heavy (non-hydrogen) atoms.